The van der Waals surface area contributed by atoms with Crippen LogP contribution < -0.4 is 0 Å². The molecule has 3 heterocycles. The summed E-state index contributed by atoms with van der Waals surface area (Å²) in [4.78, 5) is 23.2. The molecule has 0 aliphatic rings. The lowest BCUT2D eigenvalue weighted by atomic mass is 10.4. The first-order chi connectivity index (χ1) is 7.43. The number of fused-ring (bicyclic) bond motifs is 1. The van der Waals surface area contributed by atoms with Gasteiger partial charge in [-0.15, -0.1) is 0 Å². The van der Waals surface area contributed by atoms with E-state index < -0.39 is 0 Å². The van der Waals surface area contributed by atoms with Gasteiger partial charge in [0.25, 0.3) is 0 Å². The summed E-state index contributed by atoms with van der Waals surface area (Å²) in [6.45, 7) is 0. The highest BCUT2D eigenvalue weighted by molar-refractivity contribution is 5.73. The van der Waals surface area contributed by atoms with E-state index in [0.29, 0.717) is 11.5 Å². The summed E-state index contributed by atoms with van der Waals surface area (Å²) in [5.41, 5.74) is 2.17. The fourth-order valence-corrected chi connectivity index (χ4v) is 1.31. The second-order valence-corrected chi connectivity index (χ2v) is 2.94. The third-order valence-electron chi connectivity index (χ3n) is 1.99. The van der Waals surface area contributed by atoms with Crippen LogP contribution in [0.2, 0.25) is 0 Å². The molecule has 3 aromatic rings. The Labute approximate surface area is 84.5 Å². The average Bonchev–Trinajstić information content (AvgIpc) is 2.74. The Kier molecular flexibility index (Phi) is 1.64. The molecule has 0 aliphatic carbocycles. The van der Waals surface area contributed by atoms with Gasteiger partial charge in [-0.25, -0.2) is 24.9 Å². The van der Waals surface area contributed by atoms with Crippen LogP contribution >= 0.6 is 0 Å². The van der Waals surface area contributed by atoms with Crippen LogP contribution in [-0.4, -0.2) is 29.9 Å². The van der Waals surface area contributed by atoms with Crippen molar-refractivity contribution < 1.29 is 0 Å². The Bertz CT molecular complexity index is 555. The van der Waals surface area contributed by atoms with Gasteiger partial charge in [0, 0.05) is 6.20 Å². The van der Waals surface area contributed by atoms with Crippen molar-refractivity contribution in [3.8, 4) is 11.5 Å². The van der Waals surface area contributed by atoms with Crippen molar-refractivity contribution in [3.05, 3.63) is 31.1 Å². The molecule has 0 bridgehead atoms. The Hall–Kier alpha value is -2.37. The molecule has 0 aromatic carbocycles. The molecule has 3 aromatic heterocycles. The standard InChI is InChI=1S/C9H6N6/c1-2-10-4-12-6(1)9-14-7-3-11-5-13-8(7)15-9/h1-5H,(H,11,13,14,15). The summed E-state index contributed by atoms with van der Waals surface area (Å²) in [6, 6.07) is 1.78. The largest absolute Gasteiger partial charge is 0.334 e. The molecule has 0 atom stereocenters. The van der Waals surface area contributed by atoms with E-state index in [4.69, 9.17) is 0 Å². The first-order valence-corrected chi connectivity index (χ1v) is 4.35. The molecule has 0 spiro atoms. The number of aromatic amines is 1. The molecule has 1 N–H and O–H groups in total. The van der Waals surface area contributed by atoms with Crippen LogP contribution in [0.1, 0.15) is 0 Å². The summed E-state index contributed by atoms with van der Waals surface area (Å²) >= 11 is 0. The maximum Gasteiger partial charge on any atom is 0.181 e. The fraction of sp³-hybridized carbons (Fsp3) is 0. The van der Waals surface area contributed by atoms with Crippen LogP contribution in [0.4, 0.5) is 0 Å². The molecule has 0 saturated heterocycles. The molecule has 0 fully saturated rings. The van der Waals surface area contributed by atoms with Crippen molar-refractivity contribution in [2.75, 3.05) is 0 Å². The number of imidazole rings is 1. The van der Waals surface area contributed by atoms with Crippen molar-refractivity contribution in [3.63, 3.8) is 0 Å². The minimum atomic E-state index is 0.638. The third kappa shape index (κ3) is 1.32. The number of aromatic nitrogens is 6. The molecule has 0 radical (unpaired) electrons. The summed E-state index contributed by atoms with van der Waals surface area (Å²) in [5, 5.41) is 0. The van der Waals surface area contributed by atoms with Gasteiger partial charge in [-0.05, 0) is 6.07 Å². The van der Waals surface area contributed by atoms with Crippen molar-refractivity contribution in [2.45, 2.75) is 0 Å². The van der Waals surface area contributed by atoms with Crippen molar-refractivity contribution in [2.24, 2.45) is 0 Å². The fourth-order valence-electron chi connectivity index (χ4n) is 1.31. The second-order valence-electron chi connectivity index (χ2n) is 2.94. The van der Waals surface area contributed by atoms with Crippen molar-refractivity contribution in [1.29, 1.82) is 0 Å². The minimum absolute atomic E-state index is 0.638. The monoisotopic (exact) mass is 198 g/mol. The molecule has 72 valence electrons. The number of nitrogens with zero attached hydrogens (tertiary/aromatic N) is 5. The molecule has 0 amide bonds. The zero-order chi connectivity index (χ0) is 10.1. The quantitative estimate of drug-likeness (QED) is 0.625. The van der Waals surface area contributed by atoms with Crippen LogP contribution in [0, 0.1) is 0 Å². The van der Waals surface area contributed by atoms with Gasteiger partial charge < -0.3 is 4.98 Å². The molecular formula is C9H6N6. The molecule has 0 unspecified atom stereocenters. The normalized spacial score (nSPS) is 10.7. The first kappa shape index (κ1) is 7.98. The van der Waals surface area contributed by atoms with Gasteiger partial charge in [0.15, 0.2) is 11.5 Å². The topological polar surface area (TPSA) is 80.2 Å². The molecular weight excluding hydrogens is 192 g/mol. The van der Waals surface area contributed by atoms with Gasteiger partial charge in [0.2, 0.25) is 0 Å². The van der Waals surface area contributed by atoms with Gasteiger partial charge in [0.1, 0.15) is 23.9 Å². The maximum atomic E-state index is 4.29. The second kappa shape index (κ2) is 3.09. The smallest absolute Gasteiger partial charge is 0.181 e. The molecule has 6 heteroatoms. The Morgan fingerprint density at radius 3 is 2.80 bits per heavy atom. The summed E-state index contributed by atoms with van der Waals surface area (Å²) in [7, 11) is 0. The predicted molar refractivity (Wildman–Crippen MR) is 52.7 cm³/mol. The molecule has 0 saturated carbocycles. The van der Waals surface area contributed by atoms with Gasteiger partial charge >= 0.3 is 0 Å². The highest BCUT2D eigenvalue weighted by Crippen LogP contribution is 2.14. The maximum absolute atomic E-state index is 4.29. The van der Waals surface area contributed by atoms with Gasteiger partial charge in [-0.2, -0.15) is 0 Å². The van der Waals surface area contributed by atoms with Crippen LogP contribution in [0.25, 0.3) is 22.7 Å². The van der Waals surface area contributed by atoms with E-state index in [9.17, 15) is 0 Å². The van der Waals surface area contributed by atoms with E-state index in [-0.39, 0.29) is 0 Å². The van der Waals surface area contributed by atoms with E-state index in [0.717, 1.165) is 11.2 Å². The van der Waals surface area contributed by atoms with Gasteiger partial charge in [-0.1, -0.05) is 0 Å². The van der Waals surface area contributed by atoms with Crippen LogP contribution in [0.5, 0.6) is 0 Å². The van der Waals surface area contributed by atoms with E-state index in [1.165, 1.54) is 12.7 Å². The number of hydrogen-bond donors (Lipinski definition) is 1. The lowest BCUT2D eigenvalue weighted by Crippen LogP contribution is -1.85. The minimum Gasteiger partial charge on any atom is -0.334 e. The Balaban J connectivity index is 2.21. The molecule has 6 nitrogen and oxygen atoms in total. The first-order valence-electron chi connectivity index (χ1n) is 4.35. The zero-order valence-corrected chi connectivity index (χ0v) is 7.62. The van der Waals surface area contributed by atoms with Crippen LogP contribution in [-0.2, 0) is 0 Å². The van der Waals surface area contributed by atoms with Gasteiger partial charge in [0.05, 0.1) is 6.20 Å². The van der Waals surface area contributed by atoms with Crippen molar-refractivity contribution >= 4 is 11.2 Å². The Morgan fingerprint density at radius 1 is 1.07 bits per heavy atom. The lowest BCUT2D eigenvalue weighted by molar-refractivity contribution is 1.14. The zero-order valence-electron chi connectivity index (χ0n) is 7.62. The highest BCUT2D eigenvalue weighted by Gasteiger charge is 2.05. The molecule has 15 heavy (non-hydrogen) atoms. The van der Waals surface area contributed by atoms with Crippen molar-refractivity contribution in [1.82, 2.24) is 29.9 Å². The highest BCUT2D eigenvalue weighted by atomic mass is 15.0. The van der Waals surface area contributed by atoms with E-state index in [1.807, 2.05) is 0 Å². The average molecular weight is 198 g/mol. The van der Waals surface area contributed by atoms with Crippen LogP contribution in [0.3, 0.4) is 0 Å². The number of H-pyrrole nitrogens is 1. The summed E-state index contributed by atoms with van der Waals surface area (Å²) in [6.07, 6.45) is 6.29. The predicted octanol–water partition coefficient (Wildman–Crippen LogP) is 0.810. The third-order valence-corrected chi connectivity index (χ3v) is 1.99. The number of hydrogen-bond acceptors (Lipinski definition) is 5. The van der Waals surface area contributed by atoms with Gasteiger partial charge in [-0.3, -0.25) is 0 Å². The summed E-state index contributed by atoms with van der Waals surface area (Å²) in [5.74, 6) is 0.674. The van der Waals surface area contributed by atoms with Crippen LogP contribution in [0.15, 0.2) is 31.1 Å². The van der Waals surface area contributed by atoms with E-state index in [2.05, 4.69) is 29.9 Å². The Morgan fingerprint density at radius 2 is 2.00 bits per heavy atom. The van der Waals surface area contributed by atoms with E-state index >= 15 is 0 Å². The lowest BCUT2D eigenvalue weighted by Gasteiger charge is -1.91. The SMILES string of the molecule is c1cc(-c2nc3ncncc3[nH]2)ncn1. The number of rotatable bonds is 1. The molecule has 0 aliphatic heterocycles. The summed E-state index contributed by atoms with van der Waals surface area (Å²) < 4.78 is 0. The van der Waals surface area contributed by atoms with E-state index in [1.54, 1.807) is 18.5 Å². The molecule has 3 rings (SSSR count). The number of nitrogens with one attached hydrogen (secondary N) is 1.